The Balaban J connectivity index is 2.75. The minimum absolute atomic E-state index is 0.137. The van der Waals surface area contributed by atoms with E-state index in [1.165, 1.54) is 4.52 Å². The SMILES string of the molecule is CC(C)c1cc(C(=O)O)n2nc(C(C)(C)C)cc2n1. The highest BCUT2D eigenvalue weighted by molar-refractivity contribution is 5.86. The predicted molar refractivity (Wildman–Crippen MR) is 72.7 cm³/mol. The summed E-state index contributed by atoms with van der Waals surface area (Å²) in [5.41, 5.74) is 2.22. The van der Waals surface area contributed by atoms with Crippen LogP contribution < -0.4 is 0 Å². The number of carboxylic acid groups (broad SMARTS) is 1. The zero-order chi connectivity index (χ0) is 14.4. The van der Waals surface area contributed by atoms with Crippen LogP contribution >= 0.6 is 0 Å². The molecule has 0 radical (unpaired) electrons. The molecule has 0 aliphatic rings. The predicted octanol–water partition coefficient (Wildman–Crippen LogP) is 2.85. The molecule has 0 saturated carbocycles. The second-order valence-electron chi connectivity index (χ2n) is 6.08. The van der Waals surface area contributed by atoms with E-state index >= 15 is 0 Å². The first-order chi connectivity index (χ1) is 8.70. The van der Waals surface area contributed by atoms with Gasteiger partial charge in [-0.2, -0.15) is 5.10 Å². The van der Waals surface area contributed by atoms with Crippen molar-refractivity contribution >= 4 is 11.6 Å². The third-order valence-corrected chi connectivity index (χ3v) is 3.03. The lowest BCUT2D eigenvalue weighted by Crippen LogP contribution is -2.13. The Morgan fingerprint density at radius 3 is 2.42 bits per heavy atom. The van der Waals surface area contributed by atoms with Gasteiger partial charge in [-0.3, -0.25) is 0 Å². The topological polar surface area (TPSA) is 67.5 Å². The fourth-order valence-corrected chi connectivity index (χ4v) is 1.81. The largest absolute Gasteiger partial charge is 0.477 e. The number of fused-ring (bicyclic) bond motifs is 1. The van der Waals surface area contributed by atoms with E-state index in [9.17, 15) is 9.90 Å². The van der Waals surface area contributed by atoms with E-state index in [1.54, 1.807) is 6.07 Å². The van der Waals surface area contributed by atoms with Crippen molar-refractivity contribution in [3.63, 3.8) is 0 Å². The lowest BCUT2D eigenvalue weighted by atomic mass is 9.93. The van der Waals surface area contributed by atoms with Crippen LogP contribution in [0.4, 0.5) is 0 Å². The number of carboxylic acids is 1. The second-order valence-corrected chi connectivity index (χ2v) is 6.08. The van der Waals surface area contributed by atoms with Crippen LogP contribution in [0.1, 0.15) is 62.4 Å². The molecule has 0 aliphatic carbocycles. The number of aromatic carboxylic acids is 1. The first kappa shape index (κ1) is 13.5. The molecule has 0 aliphatic heterocycles. The molecule has 0 amide bonds. The van der Waals surface area contributed by atoms with Gasteiger partial charge in [0.25, 0.3) is 0 Å². The summed E-state index contributed by atoms with van der Waals surface area (Å²) in [7, 11) is 0. The van der Waals surface area contributed by atoms with Crippen LogP contribution in [0.25, 0.3) is 5.65 Å². The second kappa shape index (κ2) is 4.33. The molecule has 0 atom stereocenters. The molecule has 2 aromatic heterocycles. The highest BCUT2D eigenvalue weighted by Gasteiger charge is 2.21. The van der Waals surface area contributed by atoms with Crippen molar-refractivity contribution in [1.29, 1.82) is 0 Å². The van der Waals surface area contributed by atoms with E-state index < -0.39 is 5.97 Å². The molecule has 0 unspecified atom stereocenters. The monoisotopic (exact) mass is 261 g/mol. The third-order valence-electron chi connectivity index (χ3n) is 3.03. The smallest absolute Gasteiger partial charge is 0.354 e. The maximum absolute atomic E-state index is 11.4. The Kier molecular flexibility index (Phi) is 3.08. The normalized spacial score (nSPS) is 12.3. The van der Waals surface area contributed by atoms with Crippen LogP contribution in [0.2, 0.25) is 0 Å². The molecule has 2 rings (SSSR count). The summed E-state index contributed by atoms with van der Waals surface area (Å²) in [5.74, 6) is -0.811. The molecule has 1 N–H and O–H groups in total. The number of rotatable bonds is 2. The molecule has 2 heterocycles. The molecular weight excluding hydrogens is 242 g/mol. The lowest BCUT2D eigenvalue weighted by molar-refractivity contribution is 0.0687. The molecule has 5 heteroatoms. The van der Waals surface area contributed by atoms with Gasteiger partial charge < -0.3 is 5.11 Å². The summed E-state index contributed by atoms with van der Waals surface area (Å²) in [6.07, 6.45) is 0. The minimum atomic E-state index is -0.988. The van der Waals surface area contributed by atoms with E-state index in [2.05, 4.69) is 10.1 Å². The zero-order valence-electron chi connectivity index (χ0n) is 11.9. The summed E-state index contributed by atoms with van der Waals surface area (Å²) in [6, 6.07) is 3.46. The van der Waals surface area contributed by atoms with Gasteiger partial charge in [-0.1, -0.05) is 34.6 Å². The zero-order valence-corrected chi connectivity index (χ0v) is 11.9. The maximum atomic E-state index is 11.4. The van der Waals surface area contributed by atoms with Crippen molar-refractivity contribution in [2.75, 3.05) is 0 Å². The molecular formula is C14H19N3O2. The molecule has 0 spiro atoms. The van der Waals surface area contributed by atoms with Crippen LogP contribution in [-0.4, -0.2) is 25.7 Å². The molecule has 0 aromatic carbocycles. The molecule has 0 saturated heterocycles. The first-order valence-electron chi connectivity index (χ1n) is 6.34. The number of hydrogen-bond donors (Lipinski definition) is 1. The summed E-state index contributed by atoms with van der Waals surface area (Å²) < 4.78 is 1.41. The van der Waals surface area contributed by atoms with Crippen LogP contribution in [0.5, 0.6) is 0 Å². The van der Waals surface area contributed by atoms with Crippen LogP contribution in [0.15, 0.2) is 12.1 Å². The molecule has 102 valence electrons. The van der Waals surface area contributed by atoms with Crippen molar-refractivity contribution in [1.82, 2.24) is 14.6 Å². The van der Waals surface area contributed by atoms with Gasteiger partial charge in [0.1, 0.15) is 0 Å². The Morgan fingerprint density at radius 2 is 1.95 bits per heavy atom. The Morgan fingerprint density at radius 1 is 1.32 bits per heavy atom. The fraction of sp³-hybridized carbons (Fsp3) is 0.500. The molecule has 0 fully saturated rings. The van der Waals surface area contributed by atoms with Crippen molar-refractivity contribution < 1.29 is 9.90 Å². The van der Waals surface area contributed by atoms with Gasteiger partial charge in [-0.05, 0) is 12.0 Å². The van der Waals surface area contributed by atoms with E-state index in [4.69, 9.17) is 0 Å². The van der Waals surface area contributed by atoms with Gasteiger partial charge >= 0.3 is 5.97 Å². The number of aromatic nitrogens is 3. The standard InChI is InChI=1S/C14H19N3O2/c1-8(2)9-6-10(13(18)19)17-12(15-9)7-11(16-17)14(3,4)5/h6-8H,1-5H3,(H,18,19). The van der Waals surface area contributed by atoms with Crippen LogP contribution in [0, 0.1) is 0 Å². The van der Waals surface area contributed by atoms with Gasteiger partial charge in [-0.15, -0.1) is 0 Å². The van der Waals surface area contributed by atoms with Crippen molar-refractivity contribution in [2.45, 2.75) is 46.0 Å². The molecule has 2 aromatic rings. The van der Waals surface area contributed by atoms with Gasteiger partial charge in [-0.25, -0.2) is 14.3 Å². The van der Waals surface area contributed by atoms with Gasteiger partial charge in [0.15, 0.2) is 11.3 Å². The number of carbonyl (C=O) groups is 1. The van der Waals surface area contributed by atoms with E-state index in [0.29, 0.717) is 5.65 Å². The van der Waals surface area contributed by atoms with Crippen molar-refractivity contribution in [2.24, 2.45) is 0 Å². The fourth-order valence-electron chi connectivity index (χ4n) is 1.81. The maximum Gasteiger partial charge on any atom is 0.354 e. The highest BCUT2D eigenvalue weighted by atomic mass is 16.4. The van der Waals surface area contributed by atoms with Crippen molar-refractivity contribution in [3.8, 4) is 0 Å². The average molecular weight is 261 g/mol. The third kappa shape index (κ3) is 2.45. The number of hydrogen-bond acceptors (Lipinski definition) is 3. The molecule has 19 heavy (non-hydrogen) atoms. The van der Waals surface area contributed by atoms with Crippen molar-refractivity contribution in [3.05, 3.63) is 29.2 Å². The van der Waals surface area contributed by atoms with Crippen LogP contribution in [-0.2, 0) is 5.41 Å². The highest BCUT2D eigenvalue weighted by Crippen LogP contribution is 2.23. The average Bonchev–Trinajstić information content (AvgIpc) is 2.70. The van der Waals surface area contributed by atoms with E-state index in [1.807, 2.05) is 40.7 Å². The lowest BCUT2D eigenvalue weighted by Gasteiger charge is -2.13. The quantitative estimate of drug-likeness (QED) is 0.902. The van der Waals surface area contributed by atoms with Gasteiger partial charge in [0.2, 0.25) is 0 Å². The van der Waals surface area contributed by atoms with Crippen LogP contribution in [0.3, 0.4) is 0 Å². The summed E-state index contributed by atoms with van der Waals surface area (Å²) in [5, 5.41) is 13.7. The number of nitrogens with zero attached hydrogens (tertiary/aromatic N) is 3. The Labute approximate surface area is 112 Å². The summed E-state index contributed by atoms with van der Waals surface area (Å²) in [6.45, 7) is 10.1. The first-order valence-corrected chi connectivity index (χ1v) is 6.34. The van der Waals surface area contributed by atoms with Gasteiger partial charge in [0, 0.05) is 17.2 Å². The summed E-state index contributed by atoms with van der Waals surface area (Å²) in [4.78, 5) is 15.8. The van der Waals surface area contributed by atoms with Gasteiger partial charge in [0.05, 0.1) is 5.69 Å². The molecule has 5 nitrogen and oxygen atoms in total. The van der Waals surface area contributed by atoms with E-state index in [-0.39, 0.29) is 17.0 Å². The summed E-state index contributed by atoms with van der Waals surface area (Å²) >= 11 is 0. The van der Waals surface area contributed by atoms with E-state index in [0.717, 1.165) is 11.4 Å². The Bertz CT molecular complexity index is 636. The molecule has 0 bridgehead atoms. The Hall–Kier alpha value is -1.91. The minimum Gasteiger partial charge on any atom is -0.477 e.